The van der Waals surface area contributed by atoms with Crippen molar-refractivity contribution in [3.63, 3.8) is 0 Å². The summed E-state index contributed by atoms with van der Waals surface area (Å²) >= 11 is 1.35. The van der Waals surface area contributed by atoms with Crippen molar-refractivity contribution in [3.8, 4) is 0 Å². The number of esters is 1. The molecule has 0 unspecified atom stereocenters. The van der Waals surface area contributed by atoms with Crippen LogP contribution < -0.4 is 5.32 Å². The van der Waals surface area contributed by atoms with Gasteiger partial charge in [0.15, 0.2) is 0 Å². The third-order valence-electron chi connectivity index (χ3n) is 3.23. The lowest BCUT2D eigenvalue weighted by atomic mass is 10.1. The zero-order valence-corrected chi connectivity index (χ0v) is 12.5. The Balaban J connectivity index is 2.29. The number of aryl methyl sites for hydroxylation is 1. The largest absolute Gasteiger partial charge is 0.478 e. The number of rotatable bonds is 4. The van der Waals surface area contributed by atoms with E-state index < -0.39 is 17.8 Å². The van der Waals surface area contributed by atoms with Crippen molar-refractivity contribution in [3.05, 3.63) is 27.7 Å². The molecule has 0 bridgehead atoms. The normalized spacial score (nSPS) is 13.7. The molecule has 1 aromatic rings. The summed E-state index contributed by atoms with van der Waals surface area (Å²) in [5, 5.41) is 11.8. The van der Waals surface area contributed by atoms with Crippen LogP contribution in [-0.4, -0.2) is 30.1 Å². The molecule has 1 aliphatic rings. The predicted octanol–water partition coefficient (Wildman–Crippen LogP) is 1.99. The lowest BCUT2D eigenvalue weighted by Crippen LogP contribution is -2.13. The van der Waals surface area contributed by atoms with E-state index in [2.05, 4.69) is 5.32 Å². The van der Waals surface area contributed by atoms with Crippen molar-refractivity contribution in [2.75, 3.05) is 12.4 Å². The SMILES string of the molecule is COC(=O)c1c(NC(=O)C=C(C)C(=O)O)sc2c1CCC2. The van der Waals surface area contributed by atoms with Gasteiger partial charge in [0.25, 0.3) is 0 Å². The van der Waals surface area contributed by atoms with Crippen LogP contribution in [0.15, 0.2) is 11.6 Å². The lowest BCUT2D eigenvalue weighted by Gasteiger charge is -2.05. The average molecular weight is 309 g/mol. The van der Waals surface area contributed by atoms with Crippen LogP contribution >= 0.6 is 11.3 Å². The van der Waals surface area contributed by atoms with Gasteiger partial charge < -0.3 is 15.2 Å². The van der Waals surface area contributed by atoms with Crippen LogP contribution in [0.5, 0.6) is 0 Å². The fourth-order valence-electron chi connectivity index (χ4n) is 2.22. The van der Waals surface area contributed by atoms with Crippen molar-refractivity contribution in [2.45, 2.75) is 26.2 Å². The van der Waals surface area contributed by atoms with Gasteiger partial charge in [-0.3, -0.25) is 4.79 Å². The minimum atomic E-state index is -1.16. The van der Waals surface area contributed by atoms with Gasteiger partial charge in [-0.2, -0.15) is 0 Å². The smallest absolute Gasteiger partial charge is 0.341 e. The third kappa shape index (κ3) is 3.13. The molecule has 1 amide bonds. The highest BCUT2D eigenvalue weighted by Crippen LogP contribution is 2.39. The summed E-state index contributed by atoms with van der Waals surface area (Å²) in [6.45, 7) is 1.33. The van der Waals surface area contributed by atoms with Gasteiger partial charge in [-0.25, -0.2) is 9.59 Å². The molecule has 1 heterocycles. The number of thiophene rings is 1. The molecule has 0 radical (unpaired) electrons. The number of carbonyl (C=O) groups excluding carboxylic acids is 2. The Labute approximate surface area is 125 Å². The Hall–Kier alpha value is -2.15. The number of carboxylic acids is 1. The maximum absolute atomic E-state index is 11.9. The van der Waals surface area contributed by atoms with Crippen LogP contribution in [0.2, 0.25) is 0 Å². The number of anilines is 1. The first-order valence-electron chi connectivity index (χ1n) is 6.39. The number of ether oxygens (including phenoxy) is 1. The van der Waals surface area contributed by atoms with E-state index in [1.807, 2.05) is 0 Å². The second-order valence-corrected chi connectivity index (χ2v) is 5.78. The van der Waals surface area contributed by atoms with Crippen LogP contribution in [0, 0.1) is 0 Å². The fraction of sp³-hybridized carbons (Fsp3) is 0.357. The van der Waals surface area contributed by atoms with E-state index in [-0.39, 0.29) is 5.57 Å². The molecule has 1 aromatic heterocycles. The summed E-state index contributed by atoms with van der Waals surface area (Å²) in [6.07, 6.45) is 3.64. The first-order chi connectivity index (χ1) is 9.93. The van der Waals surface area contributed by atoms with Crippen molar-refractivity contribution >= 4 is 34.2 Å². The Morgan fingerprint density at radius 1 is 1.33 bits per heavy atom. The van der Waals surface area contributed by atoms with Gasteiger partial charge in [0, 0.05) is 16.5 Å². The molecule has 0 saturated carbocycles. The zero-order chi connectivity index (χ0) is 15.6. The van der Waals surface area contributed by atoms with Crippen LogP contribution in [0.3, 0.4) is 0 Å². The van der Waals surface area contributed by atoms with E-state index in [1.54, 1.807) is 0 Å². The molecule has 112 valence electrons. The quantitative estimate of drug-likeness (QED) is 0.655. The van der Waals surface area contributed by atoms with E-state index in [0.717, 1.165) is 35.8 Å². The molecule has 2 N–H and O–H groups in total. The van der Waals surface area contributed by atoms with Gasteiger partial charge in [-0.15, -0.1) is 11.3 Å². The number of hydrogen-bond acceptors (Lipinski definition) is 5. The lowest BCUT2D eigenvalue weighted by molar-refractivity contribution is -0.132. The van der Waals surface area contributed by atoms with E-state index in [1.165, 1.54) is 25.4 Å². The minimum absolute atomic E-state index is 0.0729. The van der Waals surface area contributed by atoms with E-state index in [4.69, 9.17) is 9.84 Å². The topological polar surface area (TPSA) is 92.7 Å². The number of carbonyl (C=O) groups is 3. The molecule has 0 fully saturated rings. The second-order valence-electron chi connectivity index (χ2n) is 4.67. The summed E-state index contributed by atoms with van der Waals surface area (Å²) in [4.78, 5) is 35.5. The maximum Gasteiger partial charge on any atom is 0.341 e. The number of amides is 1. The highest BCUT2D eigenvalue weighted by Gasteiger charge is 2.27. The molecule has 0 spiro atoms. The number of fused-ring (bicyclic) bond motifs is 1. The number of carboxylic acid groups (broad SMARTS) is 1. The van der Waals surface area contributed by atoms with E-state index in [9.17, 15) is 14.4 Å². The molecule has 0 atom stereocenters. The van der Waals surface area contributed by atoms with Gasteiger partial charge in [0.05, 0.1) is 12.7 Å². The van der Waals surface area contributed by atoms with Crippen molar-refractivity contribution < 1.29 is 24.2 Å². The summed E-state index contributed by atoms with van der Waals surface area (Å²) in [5.41, 5.74) is 1.25. The van der Waals surface area contributed by atoms with Crippen LogP contribution in [0.4, 0.5) is 5.00 Å². The minimum Gasteiger partial charge on any atom is -0.478 e. The average Bonchev–Trinajstić information content (AvgIpc) is 2.97. The zero-order valence-electron chi connectivity index (χ0n) is 11.7. The van der Waals surface area contributed by atoms with Gasteiger partial charge in [-0.1, -0.05) is 0 Å². The Morgan fingerprint density at radius 3 is 2.67 bits per heavy atom. The number of nitrogens with one attached hydrogen (secondary N) is 1. The summed E-state index contributed by atoms with van der Waals surface area (Å²) < 4.78 is 4.77. The van der Waals surface area contributed by atoms with E-state index in [0.29, 0.717) is 10.6 Å². The van der Waals surface area contributed by atoms with Crippen molar-refractivity contribution in [1.29, 1.82) is 0 Å². The molecule has 0 saturated heterocycles. The summed E-state index contributed by atoms with van der Waals surface area (Å²) in [6, 6.07) is 0. The molecule has 0 aliphatic heterocycles. The van der Waals surface area contributed by atoms with E-state index >= 15 is 0 Å². The molecule has 0 aromatic carbocycles. The monoisotopic (exact) mass is 309 g/mol. The highest BCUT2D eigenvalue weighted by atomic mass is 32.1. The predicted molar refractivity (Wildman–Crippen MR) is 77.7 cm³/mol. The summed E-state index contributed by atoms with van der Waals surface area (Å²) in [5.74, 6) is -2.21. The van der Waals surface area contributed by atoms with Gasteiger partial charge in [0.2, 0.25) is 5.91 Å². The highest BCUT2D eigenvalue weighted by molar-refractivity contribution is 7.17. The van der Waals surface area contributed by atoms with Crippen LogP contribution in [-0.2, 0) is 27.2 Å². The first kappa shape index (κ1) is 15.2. The van der Waals surface area contributed by atoms with Gasteiger partial charge in [0.1, 0.15) is 5.00 Å². The molecule has 6 nitrogen and oxygen atoms in total. The molecular weight excluding hydrogens is 294 g/mol. The number of aliphatic carboxylic acids is 1. The Bertz CT molecular complexity index is 644. The van der Waals surface area contributed by atoms with Crippen molar-refractivity contribution in [2.24, 2.45) is 0 Å². The third-order valence-corrected chi connectivity index (χ3v) is 4.44. The van der Waals surface area contributed by atoms with Crippen molar-refractivity contribution in [1.82, 2.24) is 0 Å². The summed E-state index contributed by atoms with van der Waals surface area (Å²) in [7, 11) is 1.29. The standard InChI is InChI=1S/C14H15NO5S/c1-7(13(17)18)6-10(16)15-12-11(14(19)20-2)8-4-3-5-9(8)21-12/h6H,3-5H2,1-2H3,(H,15,16)(H,17,18). The molecular formula is C14H15NO5S. The molecule has 1 aliphatic carbocycles. The number of hydrogen-bond donors (Lipinski definition) is 2. The molecule has 2 rings (SSSR count). The molecule has 7 heteroatoms. The van der Waals surface area contributed by atoms with Crippen LogP contribution in [0.25, 0.3) is 0 Å². The Morgan fingerprint density at radius 2 is 2.05 bits per heavy atom. The second kappa shape index (κ2) is 6.09. The number of methoxy groups -OCH3 is 1. The van der Waals surface area contributed by atoms with Gasteiger partial charge >= 0.3 is 11.9 Å². The van der Waals surface area contributed by atoms with Crippen LogP contribution in [0.1, 0.15) is 34.1 Å². The van der Waals surface area contributed by atoms with Gasteiger partial charge in [-0.05, 0) is 31.7 Å². The maximum atomic E-state index is 11.9. The molecule has 21 heavy (non-hydrogen) atoms. The fourth-order valence-corrected chi connectivity index (χ4v) is 3.50. The first-order valence-corrected chi connectivity index (χ1v) is 7.21. The Kier molecular flexibility index (Phi) is 4.42.